The van der Waals surface area contributed by atoms with E-state index in [0.29, 0.717) is 22.6 Å². The first-order valence-electron chi connectivity index (χ1n) is 8.55. The molecule has 2 amide bonds. The van der Waals surface area contributed by atoms with Crippen LogP contribution in [0.3, 0.4) is 0 Å². The molecular weight excluding hydrogens is 344 g/mol. The highest BCUT2D eigenvalue weighted by Crippen LogP contribution is 2.25. The summed E-state index contributed by atoms with van der Waals surface area (Å²) in [7, 11) is 0. The zero-order valence-corrected chi connectivity index (χ0v) is 15.2. The summed E-state index contributed by atoms with van der Waals surface area (Å²) in [6.45, 7) is 1.68. The molecule has 0 aliphatic carbocycles. The van der Waals surface area contributed by atoms with Gasteiger partial charge in [-0.05, 0) is 43.2 Å². The molecule has 5 heteroatoms. The normalized spacial score (nSPS) is 13.3. The Balaban J connectivity index is 1.68. The van der Waals surface area contributed by atoms with Crippen molar-refractivity contribution in [2.45, 2.75) is 17.7 Å². The fourth-order valence-corrected chi connectivity index (χ4v) is 3.82. The van der Waals surface area contributed by atoms with Gasteiger partial charge < -0.3 is 10.2 Å². The predicted octanol–water partition coefficient (Wildman–Crippen LogP) is 3.63. The third kappa shape index (κ3) is 4.47. The molecule has 1 aliphatic rings. The summed E-state index contributed by atoms with van der Waals surface area (Å²) < 4.78 is 0. The molecule has 1 N–H and O–H groups in total. The lowest BCUT2D eigenvalue weighted by atomic mass is 10.2. The first-order chi connectivity index (χ1) is 12.7. The lowest BCUT2D eigenvalue weighted by molar-refractivity contribution is -0.127. The van der Waals surface area contributed by atoms with E-state index >= 15 is 0 Å². The van der Waals surface area contributed by atoms with Crippen LogP contribution in [0.5, 0.6) is 0 Å². The van der Waals surface area contributed by atoms with Gasteiger partial charge >= 0.3 is 0 Å². The van der Waals surface area contributed by atoms with Crippen molar-refractivity contribution in [2.75, 3.05) is 24.2 Å². The molecule has 132 valence electrons. The van der Waals surface area contributed by atoms with E-state index in [-0.39, 0.29) is 11.8 Å². The zero-order valence-electron chi connectivity index (χ0n) is 14.4. The Morgan fingerprint density at radius 3 is 2.65 bits per heavy atom. The predicted molar refractivity (Wildman–Crippen MR) is 105 cm³/mol. The van der Waals surface area contributed by atoms with Crippen LogP contribution in [0, 0.1) is 12.3 Å². The van der Waals surface area contributed by atoms with Crippen LogP contribution in [0.25, 0.3) is 0 Å². The highest BCUT2D eigenvalue weighted by molar-refractivity contribution is 8.00. The van der Waals surface area contributed by atoms with Gasteiger partial charge in [-0.1, -0.05) is 24.1 Å². The smallest absolute Gasteiger partial charge is 0.256 e. The fraction of sp³-hybridized carbons (Fsp3) is 0.238. The Morgan fingerprint density at radius 1 is 1.12 bits per heavy atom. The highest BCUT2D eigenvalue weighted by atomic mass is 32.2. The SMILES string of the molecule is C#Cc1cccc(NC(=O)c2ccccc2SCC(=O)N2CCCC2)c1. The van der Waals surface area contributed by atoms with Crippen LogP contribution in [0.2, 0.25) is 0 Å². The van der Waals surface area contributed by atoms with Gasteiger partial charge in [-0.3, -0.25) is 9.59 Å². The number of carbonyl (C=O) groups is 2. The summed E-state index contributed by atoms with van der Waals surface area (Å²) in [5.41, 5.74) is 1.91. The molecule has 3 rings (SSSR count). The van der Waals surface area contributed by atoms with Gasteiger partial charge in [-0.25, -0.2) is 0 Å². The Bertz CT molecular complexity index is 851. The van der Waals surface area contributed by atoms with Gasteiger partial charge in [0.1, 0.15) is 0 Å². The van der Waals surface area contributed by atoms with Crippen molar-refractivity contribution in [3.05, 3.63) is 59.7 Å². The number of terminal acetylenes is 1. The van der Waals surface area contributed by atoms with Gasteiger partial charge in [0.2, 0.25) is 5.91 Å². The van der Waals surface area contributed by atoms with Crippen LogP contribution in [0.15, 0.2) is 53.4 Å². The molecule has 1 heterocycles. The number of anilines is 1. The van der Waals surface area contributed by atoms with Gasteiger partial charge in [0.05, 0.1) is 11.3 Å². The van der Waals surface area contributed by atoms with Crippen molar-refractivity contribution < 1.29 is 9.59 Å². The van der Waals surface area contributed by atoms with Gasteiger partial charge in [-0.15, -0.1) is 18.2 Å². The van der Waals surface area contributed by atoms with Crippen LogP contribution in [0.4, 0.5) is 5.69 Å². The van der Waals surface area contributed by atoms with E-state index in [1.165, 1.54) is 11.8 Å². The van der Waals surface area contributed by atoms with Crippen LogP contribution < -0.4 is 5.32 Å². The van der Waals surface area contributed by atoms with E-state index in [2.05, 4.69) is 11.2 Å². The van der Waals surface area contributed by atoms with E-state index in [1.807, 2.05) is 29.2 Å². The number of nitrogens with one attached hydrogen (secondary N) is 1. The van der Waals surface area contributed by atoms with E-state index in [1.54, 1.807) is 24.3 Å². The molecule has 0 spiro atoms. The van der Waals surface area contributed by atoms with Crippen LogP contribution in [-0.4, -0.2) is 35.6 Å². The summed E-state index contributed by atoms with van der Waals surface area (Å²) in [6, 6.07) is 14.5. The molecule has 0 unspecified atom stereocenters. The topological polar surface area (TPSA) is 49.4 Å². The van der Waals surface area contributed by atoms with Gasteiger partial charge in [-0.2, -0.15) is 0 Å². The number of carbonyl (C=O) groups excluding carboxylic acids is 2. The average Bonchev–Trinajstić information content (AvgIpc) is 3.21. The molecule has 0 saturated carbocycles. The number of hydrogen-bond donors (Lipinski definition) is 1. The van der Waals surface area contributed by atoms with Crippen molar-refractivity contribution in [3.63, 3.8) is 0 Å². The second-order valence-electron chi connectivity index (χ2n) is 6.05. The van der Waals surface area contributed by atoms with E-state index in [0.717, 1.165) is 30.8 Å². The van der Waals surface area contributed by atoms with Gasteiger partial charge in [0.25, 0.3) is 5.91 Å². The molecule has 2 aromatic rings. The lowest BCUT2D eigenvalue weighted by Crippen LogP contribution is -2.29. The molecule has 0 atom stereocenters. The summed E-state index contributed by atoms with van der Waals surface area (Å²) in [6.07, 6.45) is 7.55. The summed E-state index contributed by atoms with van der Waals surface area (Å²) >= 11 is 1.40. The van der Waals surface area contributed by atoms with Gasteiger partial charge in [0.15, 0.2) is 0 Å². The Kier molecular flexibility index (Phi) is 5.98. The zero-order chi connectivity index (χ0) is 18.4. The number of amides is 2. The lowest BCUT2D eigenvalue weighted by Gasteiger charge is -2.15. The molecule has 1 fully saturated rings. The van der Waals surface area contributed by atoms with Crippen LogP contribution >= 0.6 is 11.8 Å². The Morgan fingerprint density at radius 2 is 1.88 bits per heavy atom. The van der Waals surface area contributed by atoms with E-state index in [9.17, 15) is 9.59 Å². The van der Waals surface area contributed by atoms with Crippen molar-refractivity contribution in [2.24, 2.45) is 0 Å². The van der Waals surface area contributed by atoms with Crippen LogP contribution in [0.1, 0.15) is 28.8 Å². The molecule has 1 aliphatic heterocycles. The maximum Gasteiger partial charge on any atom is 0.256 e. The summed E-state index contributed by atoms with van der Waals surface area (Å²) in [4.78, 5) is 27.6. The minimum Gasteiger partial charge on any atom is -0.342 e. The second-order valence-corrected chi connectivity index (χ2v) is 7.07. The van der Waals surface area contributed by atoms with Crippen molar-refractivity contribution in [3.8, 4) is 12.3 Å². The maximum absolute atomic E-state index is 12.7. The van der Waals surface area contributed by atoms with Crippen molar-refractivity contribution >= 4 is 29.3 Å². The third-order valence-electron chi connectivity index (χ3n) is 4.23. The first-order valence-corrected chi connectivity index (χ1v) is 9.53. The van der Waals surface area contributed by atoms with Crippen molar-refractivity contribution in [1.82, 2.24) is 4.90 Å². The maximum atomic E-state index is 12.7. The number of rotatable bonds is 5. The van der Waals surface area contributed by atoms with E-state index < -0.39 is 0 Å². The molecule has 0 bridgehead atoms. The molecule has 0 radical (unpaired) electrons. The largest absolute Gasteiger partial charge is 0.342 e. The standard InChI is InChI=1S/C21H20N2O2S/c1-2-16-8-7-9-17(14-16)22-21(25)18-10-3-4-11-19(18)26-15-20(24)23-12-5-6-13-23/h1,3-4,7-11,14H,5-6,12-13,15H2,(H,22,25). The first kappa shape index (κ1) is 18.1. The Labute approximate surface area is 158 Å². The average molecular weight is 364 g/mol. The highest BCUT2D eigenvalue weighted by Gasteiger charge is 2.19. The van der Waals surface area contributed by atoms with Gasteiger partial charge in [0, 0.05) is 29.2 Å². The monoisotopic (exact) mass is 364 g/mol. The third-order valence-corrected chi connectivity index (χ3v) is 5.29. The number of thioether (sulfide) groups is 1. The summed E-state index contributed by atoms with van der Waals surface area (Å²) in [5.74, 6) is 2.81. The quantitative estimate of drug-likeness (QED) is 0.651. The molecular formula is C21H20N2O2S. The molecule has 4 nitrogen and oxygen atoms in total. The molecule has 2 aromatic carbocycles. The number of likely N-dealkylation sites (tertiary alicyclic amines) is 1. The summed E-state index contributed by atoms with van der Waals surface area (Å²) in [5, 5.41) is 2.87. The molecule has 0 aromatic heterocycles. The minimum absolute atomic E-state index is 0.129. The molecule has 26 heavy (non-hydrogen) atoms. The second kappa shape index (κ2) is 8.59. The number of hydrogen-bond acceptors (Lipinski definition) is 3. The minimum atomic E-state index is -0.212. The Hall–Kier alpha value is -2.71. The molecule has 1 saturated heterocycles. The van der Waals surface area contributed by atoms with E-state index in [4.69, 9.17) is 6.42 Å². The van der Waals surface area contributed by atoms with Crippen molar-refractivity contribution in [1.29, 1.82) is 0 Å². The number of benzene rings is 2. The fourth-order valence-electron chi connectivity index (χ4n) is 2.86. The number of nitrogens with zero attached hydrogens (tertiary/aromatic N) is 1. The van der Waals surface area contributed by atoms with Crippen LogP contribution in [-0.2, 0) is 4.79 Å².